The Bertz CT molecular complexity index is 828. The fourth-order valence-corrected chi connectivity index (χ4v) is 2.53. The molecule has 1 aliphatic rings. The molecular weight excluding hydrogens is 342 g/mol. The molecule has 0 bridgehead atoms. The Morgan fingerprint density at radius 3 is 2.48 bits per heavy atom. The molecule has 23 heavy (non-hydrogen) atoms. The molecule has 1 aromatic carbocycles. The lowest BCUT2D eigenvalue weighted by Gasteiger charge is -2.06. The second-order valence-electron chi connectivity index (χ2n) is 4.25. The van der Waals surface area contributed by atoms with Gasteiger partial charge < -0.3 is 5.32 Å². The maximum atomic E-state index is 11.8. The summed E-state index contributed by atoms with van der Waals surface area (Å²) in [5.41, 5.74) is 0.341. The molecule has 2 amide bonds. The zero-order valence-electron chi connectivity index (χ0n) is 11.6. The third kappa shape index (κ3) is 4.81. The van der Waals surface area contributed by atoms with Gasteiger partial charge in [-0.25, -0.2) is 13.6 Å². The Labute approximate surface area is 135 Å². The van der Waals surface area contributed by atoms with Crippen molar-refractivity contribution in [1.29, 1.82) is 0 Å². The predicted molar refractivity (Wildman–Crippen MR) is 85.3 cm³/mol. The molecule has 1 aromatic rings. The molecule has 0 saturated heterocycles. The summed E-state index contributed by atoms with van der Waals surface area (Å²) in [6, 6.07) is 5.38. The van der Waals surface area contributed by atoms with E-state index in [-0.39, 0.29) is 27.4 Å². The third-order valence-corrected chi connectivity index (χ3v) is 4.27. The van der Waals surface area contributed by atoms with Crippen LogP contribution in [-0.4, -0.2) is 31.2 Å². The van der Waals surface area contributed by atoms with Crippen LogP contribution in [0.5, 0.6) is 0 Å². The zero-order chi connectivity index (χ0) is 17.0. The number of nitrogens with two attached hydrogens (primary N) is 1. The van der Waals surface area contributed by atoms with E-state index in [1.54, 1.807) is 0 Å². The lowest BCUT2D eigenvalue weighted by atomic mass is 10.3. The van der Waals surface area contributed by atoms with Gasteiger partial charge in [0.15, 0.2) is 0 Å². The second kappa shape index (κ2) is 6.81. The lowest BCUT2D eigenvalue weighted by molar-refractivity contribution is -0.115. The van der Waals surface area contributed by atoms with E-state index in [0.717, 1.165) is 11.8 Å². The molecule has 9 nitrogen and oxygen atoms in total. The van der Waals surface area contributed by atoms with Crippen LogP contribution in [0.1, 0.15) is 0 Å². The van der Waals surface area contributed by atoms with E-state index >= 15 is 0 Å². The first-order chi connectivity index (χ1) is 10.8. The van der Waals surface area contributed by atoms with Crippen LogP contribution in [0, 0.1) is 0 Å². The van der Waals surface area contributed by atoms with E-state index < -0.39 is 15.9 Å². The number of hydrogen-bond donors (Lipinski definition) is 2. The van der Waals surface area contributed by atoms with E-state index in [9.17, 15) is 18.0 Å². The largest absolute Gasteiger partial charge is 0.325 e. The van der Waals surface area contributed by atoms with Crippen molar-refractivity contribution in [2.45, 2.75) is 4.90 Å². The summed E-state index contributed by atoms with van der Waals surface area (Å²) in [4.78, 5) is 26.6. The Morgan fingerprint density at radius 2 is 1.91 bits per heavy atom. The lowest BCUT2D eigenvalue weighted by Crippen LogP contribution is -2.16. The van der Waals surface area contributed by atoms with E-state index in [0.29, 0.717) is 5.69 Å². The standard InChI is InChI=1S/C12H11N5O4S2/c1-7-11(19)15-12(17-16-7)22-6-10(18)14-8-2-4-9(5-3-8)23(13,20)21/h2-5H,1,6H2,(H,14,18)(H2,13,20,21). The fraction of sp³-hybridized carbons (Fsp3) is 0.0833. The Kier molecular flexibility index (Phi) is 5.03. The summed E-state index contributed by atoms with van der Waals surface area (Å²) in [5, 5.41) is 14.8. The van der Waals surface area contributed by atoms with E-state index in [4.69, 9.17) is 5.14 Å². The maximum Gasteiger partial charge on any atom is 0.299 e. The number of amidine groups is 1. The number of sulfonamides is 1. The van der Waals surface area contributed by atoms with Crippen molar-refractivity contribution < 1.29 is 18.0 Å². The summed E-state index contributed by atoms with van der Waals surface area (Å²) in [5.74, 6) is -1.02. The van der Waals surface area contributed by atoms with Crippen LogP contribution in [0.2, 0.25) is 0 Å². The molecule has 11 heteroatoms. The molecule has 1 aliphatic heterocycles. The van der Waals surface area contributed by atoms with Crippen molar-refractivity contribution in [3.8, 4) is 0 Å². The second-order valence-corrected chi connectivity index (χ2v) is 6.76. The fourth-order valence-electron chi connectivity index (χ4n) is 1.44. The van der Waals surface area contributed by atoms with Gasteiger partial charge in [0.1, 0.15) is 5.70 Å². The summed E-state index contributed by atoms with van der Waals surface area (Å²) < 4.78 is 22.2. The summed E-state index contributed by atoms with van der Waals surface area (Å²) in [7, 11) is -3.78. The van der Waals surface area contributed by atoms with Crippen LogP contribution in [0.4, 0.5) is 5.69 Å². The minimum Gasteiger partial charge on any atom is -0.325 e. The smallest absolute Gasteiger partial charge is 0.299 e. The normalized spacial score (nSPS) is 14.6. The number of nitrogens with zero attached hydrogens (tertiary/aromatic N) is 3. The van der Waals surface area contributed by atoms with Crippen molar-refractivity contribution in [2.75, 3.05) is 11.1 Å². The van der Waals surface area contributed by atoms with Crippen LogP contribution < -0.4 is 10.5 Å². The molecule has 0 fully saturated rings. The monoisotopic (exact) mass is 353 g/mol. The SMILES string of the molecule is C=C1N=NC(SCC(=O)Nc2ccc(S(N)(=O)=O)cc2)=NC1=O. The molecule has 120 valence electrons. The van der Waals surface area contributed by atoms with Crippen LogP contribution in [0.25, 0.3) is 0 Å². The van der Waals surface area contributed by atoms with Gasteiger partial charge in [-0.2, -0.15) is 4.99 Å². The van der Waals surface area contributed by atoms with Gasteiger partial charge in [-0.05, 0) is 24.3 Å². The number of thioether (sulfide) groups is 1. The Balaban J connectivity index is 1.90. The van der Waals surface area contributed by atoms with Crippen molar-refractivity contribution in [3.63, 3.8) is 0 Å². The molecule has 0 spiro atoms. The molecule has 0 aromatic heterocycles. The molecule has 0 unspecified atom stereocenters. The quantitative estimate of drug-likeness (QED) is 0.772. The van der Waals surface area contributed by atoms with Gasteiger partial charge in [0.2, 0.25) is 21.1 Å². The van der Waals surface area contributed by atoms with Crippen molar-refractivity contribution >= 4 is 44.5 Å². The average Bonchev–Trinajstić information content (AvgIpc) is 2.48. The van der Waals surface area contributed by atoms with Gasteiger partial charge in [0.05, 0.1) is 10.6 Å². The summed E-state index contributed by atoms with van der Waals surface area (Å²) >= 11 is 0.938. The van der Waals surface area contributed by atoms with Crippen LogP contribution in [-0.2, 0) is 19.6 Å². The van der Waals surface area contributed by atoms with Gasteiger partial charge in [-0.15, -0.1) is 10.2 Å². The summed E-state index contributed by atoms with van der Waals surface area (Å²) in [6.45, 7) is 3.35. The Hall–Kier alpha value is -2.37. The van der Waals surface area contributed by atoms with Crippen molar-refractivity contribution in [1.82, 2.24) is 0 Å². The number of rotatable bonds is 4. The molecule has 1 heterocycles. The number of hydrogen-bond acceptors (Lipinski definition) is 7. The number of benzene rings is 1. The number of aliphatic imine (C=N–C) groups is 1. The van der Waals surface area contributed by atoms with Gasteiger partial charge in [0, 0.05) is 5.69 Å². The minimum atomic E-state index is -3.78. The topological polar surface area (TPSA) is 143 Å². The first-order valence-electron chi connectivity index (χ1n) is 6.05. The number of azo groups is 1. The predicted octanol–water partition coefficient (Wildman–Crippen LogP) is 0.868. The number of nitrogens with one attached hydrogen (secondary N) is 1. The third-order valence-electron chi connectivity index (χ3n) is 2.50. The van der Waals surface area contributed by atoms with E-state index in [2.05, 4.69) is 27.1 Å². The highest BCUT2D eigenvalue weighted by molar-refractivity contribution is 8.14. The molecule has 3 N–H and O–H groups in total. The van der Waals surface area contributed by atoms with Crippen molar-refractivity contribution in [3.05, 3.63) is 36.5 Å². The van der Waals surface area contributed by atoms with Gasteiger partial charge in [0.25, 0.3) is 5.91 Å². The van der Waals surface area contributed by atoms with Crippen LogP contribution >= 0.6 is 11.8 Å². The molecule has 0 saturated carbocycles. The van der Waals surface area contributed by atoms with Gasteiger partial charge >= 0.3 is 0 Å². The number of carbonyl (C=O) groups is 2. The summed E-state index contributed by atoms with van der Waals surface area (Å²) in [6.07, 6.45) is 0. The molecule has 0 atom stereocenters. The number of anilines is 1. The highest BCUT2D eigenvalue weighted by Crippen LogP contribution is 2.16. The minimum absolute atomic E-state index is 0.0471. The zero-order valence-corrected chi connectivity index (χ0v) is 13.2. The molecule has 0 radical (unpaired) electrons. The number of amides is 2. The molecule has 0 aliphatic carbocycles. The van der Waals surface area contributed by atoms with Gasteiger partial charge in [-0.3, -0.25) is 9.59 Å². The maximum absolute atomic E-state index is 11.8. The highest BCUT2D eigenvalue weighted by Gasteiger charge is 2.15. The van der Waals surface area contributed by atoms with E-state index in [1.807, 2.05) is 0 Å². The average molecular weight is 353 g/mol. The first-order valence-corrected chi connectivity index (χ1v) is 8.58. The van der Waals surface area contributed by atoms with E-state index in [1.165, 1.54) is 24.3 Å². The van der Waals surface area contributed by atoms with Crippen LogP contribution in [0.15, 0.2) is 56.7 Å². The molecular formula is C12H11N5O4S2. The molecule has 2 rings (SSSR count). The van der Waals surface area contributed by atoms with Gasteiger partial charge in [-0.1, -0.05) is 18.3 Å². The number of primary sulfonamides is 1. The Morgan fingerprint density at radius 1 is 1.26 bits per heavy atom. The highest BCUT2D eigenvalue weighted by atomic mass is 32.2. The number of carbonyl (C=O) groups excluding carboxylic acids is 2. The first kappa shape index (κ1) is 17.0. The van der Waals surface area contributed by atoms with Crippen LogP contribution in [0.3, 0.4) is 0 Å². The van der Waals surface area contributed by atoms with Crippen molar-refractivity contribution in [2.24, 2.45) is 20.4 Å².